The minimum absolute atomic E-state index is 0.179. The molecule has 3 heteroatoms. The van der Waals surface area contributed by atoms with Crippen molar-refractivity contribution in [1.82, 2.24) is 0 Å². The van der Waals surface area contributed by atoms with E-state index >= 15 is 0 Å². The Bertz CT molecular complexity index is 394. The number of aryl methyl sites for hydroxylation is 1. The normalized spacial score (nSPS) is 18.0. The van der Waals surface area contributed by atoms with Crippen LogP contribution in [0.4, 0.5) is 4.39 Å². The fraction of sp³-hybridized carbons (Fsp3) is 0.538. The van der Waals surface area contributed by atoms with Crippen LogP contribution in [0, 0.1) is 12.7 Å². The molecule has 88 valence electrons. The highest BCUT2D eigenvalue weighted by atomic mass is 19.1. The van der Waals surface area contributed by atoms with Gasteiger partial charge in [0.25, 0.3) is 0 Å². The van der Waals surface area contributed by atoms with Gasteiger partial charge in [0, 0.05) is 17.5 Å². The smallest absolute Gasteiger partial charge is 0.130 e. The summed E-state index contributed by atoms with van der Waals surface area (Å²) in [4.78, 5) is 0. The van der Waals surface area contributed by atoms with E-state index in [4.69, 9.17) is 10.5 Å². The molecule has 0 radical (unpaired) electrons. The van der Waals surface area contributed by atoms with Gasteiger partial charge in [-0.15, -0.1) is 0 Å². The maximum Gasteiger partial charge on any atom is 0.130 e. The van der Waals surface area contributed by atoms with E-state index in [9.17, 15) is 4.39 Å². The van der Waals surface area contributed by atoms with Crippen molar-refractivity contribution in [2.75, 3.05) is 13.7 Å². The van der Waals surface area contributed by atoms with Crippen LogP contribution in [-0.4, -0.2) is 13.7 Å². The van der Waals surface area contributed by atoms with Gasteiger partial charge in [0.05, 0.1) is 7.11 Å². The second-order valence-electron chi connectivity index (χ2n) is 4.66. The molecule has 0 atom stereocenters. The fourth-order valence-corrected chi connectivity index (χ4v) is 2.55. The highest BCUT2D eigenvalue weighted by Gasteiger charge is 2.41. The minimum Gasteiger partial charge on any atom is -0.496 e. The third-order valence-electron chi connectivity index (χ3n) is 3.65. The lowest BCUT2D eigenvalue weighted by Gasteiger charge is -2.42. The van der Waals surface area contributed by atoms with Crippen LogP contribution >= 0.6 is 0 Å². The molecule has 1 aromatic carbocycles. The fourth-order valence-electron chi connectivity index (χ4n) is 2.55. The Morgan fingerprint density at radius 2 is 2.12 bits per heavy atom. The third-order valence-corrected chi connectivity index (χ3v) is 3.65. The molecule has 16 heavy (non-hydrogen) atoms. The van der Waals surface area contributed by atoms with E-state index in [2.05, 4.69) is 0 Å². The summed E-state index contributed by atoms with van der Waals surface area (Å²) in [5.74, 6) is 0.463. The lowest BCUT2D eigenvalue weighted by atomic mass is 9.64. The van der Waals surface area contributed by atoms with Crippen LogP contribution in [0.15, 0.2) is 12.1 Å². The second kappa shape index (κ2) is 4.06. The molecule has 0 unspecified atom stereocenters. The molecular weight excluding hydrogens is 205 g/mol. The minimum atomic E-state index is -0.191. The van der Waals surface area contributed by atoms with Crippen molar-refractivity contribution in [3.63, 3.8) is 0 Å². The molecule has 2 nitrogen and oxygen atoms in total. The van der Waals surface area contributed by atoms with E-state index in [-0.39, 0.29) is 11.2 Å². The van der Waals surface area contributed by atoms with Crippen molar-refractivity contribution in [1.29, 1.82) is 0 Å². The van der Waals surface area contributed by atoms with Gasteiger partial charge < -0.3 is 10.5 Å². The quantitative estimate of drug-likeness (QED) is 0.854. The SMILES string of the molecule is COc1cc(C)cc(F)c1C1(CN)CCC1. The zero-order chi connectivity index (χ0) is 11.8. The summed E-state index contributed by atoms with van der Waals surface area (Å²) in [6.07, 6.45) is 3.04. The first kappa shape index (κ1) is 11.4. The van der Waals surface area contributed by atoms with E-state index < -0.39 is 0 Å². The summed E-state index contributed by atoms with van der Waals surface area (Å²) >= 11 is 0. The molecule has 2 rings (SSSR count). The molecule has 2 N–H and O–H groups in total. The number of hydrogen-bond acceptors (Lipinski definition) is 2. The highest BCUT2D eigenvalue weighted by Crippen LogP contribution is 2.47. The van der Waals surface area contributed by atoms with Gasteiger partial charge in [0.1, 0.15) is 11.6 Å². The Labute approximate surface area is 95.6 Å². The summed E-state index contributed by atoms with van der Waals surface area (Å²) < 4.78 is 19.4. The first-order valence-electron chi connectivity index (χ1n) is 5.67. The Morgan fingerprint density at radius 1 is 1.44 bits per heavy atom. The maximum atomic E-state index is 14.1. The lowest BCUT2D eigenvalue weighted by molar-refractivity contribution is 0.234. The Hall–Kier alpha value is -1.09. The number of halogens is 1. The maximum absolute atomic E-state index is 14.1. The molecule has 1 aliphatic rings. The standard InChI is InChI=1S/C13H18FNO/c1-9-6-10(14)12(11(7-9)16-2)13(8-15)4-3-5-13/h6-7H,3-5,8,15H2,1-2H3. The van der Waals surface area contributed by atoms with Crippen molar-refractivity contribution in [3.8, 4) is 5.75 Å². The third kappa shape index (κ3) is 1.59. The molecule has 1 aliphatic carbocycles. The predicted octanol–water partition coefficient (Wildman–Crippen LogP) is 2.52. The van der Waals surface area contributed by atoms with Crippen LogP contribution in [0.2, 0.25) is 0 Å². The summed E-state index contributed by atoms with van der Waals surface area (Å²) in [5.41, 5.74) is 7.17. The number of hydrogen-bond donors (Lipinski definition) is 1. The lowest BCUT2D eigenvalue weighted by Crippen LogP contribution is -2.42. The summed E-state index contributed by atoms with van der Waals surface area (Å²) in [5, 5.41) is 0. The first-order valence-corrected chi connectivity index (χ1v) is 5.67. The number of ether oxygens (including phenoxy) is 1. The number of methoxy groups -OCH3 is 1. The van der Waals surface area contributed by atoms with E-state index in [1.54, 1.807) is 13.2 Å². The van der Waals surface area contributed by atoms with E-state index in [0.29, 0.717) is 17.9 Å². The van der Waals surface area contributed by atoms with Gasteiger partial charge in [-0.3, -0.25) is 0 Å². The van der Waals surface area contributed by atoms with Crippen LogP contribution in [0.25, 0.3) is 0 Å². The van der Waals surface area contributed by atoms with Crippen LogP contribution in [0.5, 0.6) is 5.75 Å². The molecular formula is C13H18FNO. The number of nitrogens with two attached hydrogens (primary N) is 1. The Balaban J connectivity index is 2.54. The van der Waals surface area contributed by atoms with Crippen molar-refractivity contribution in [2.45, 2.75) is 31.6 Å². The predicted molar refractivity (Wildman–Crippen MR) is 62.3 cm³/mol. The van der Waals surface area contributed by atoms with Crippen molar-refractivity contribution >= 4 is 0 Å². The van der Waals surface area contributed by atoms with Crippen molar-refractivity contribution < 1.29 is 9.13 Å². The van der Waals surface area contributed by atoms with Crippen LogP contribution in [0.1, 0.15) is 30.4 Å². The molecule has 0 heterocycles. The second-order valence-corrected chi connectivity index (χ2v) is 4.66. The monoisotopic (exact) mass is 223 g/mol. The Morgan fingerprint density at radius 3 is 2.56 bits per heavy atom. The molecule has 0 spiro atoms. The van der Waals surface area contributed by atoms with Gasteiger partial charge in [-0.05, 0) is 37.5 Å². The summed E-state index contributed by atoms with van der Waals surface area (Å²) in [7, 11) is 1.58. The zero-order valence-electron chi connectivity index (χ0n) is 9.85. The average molecular weight is 223 g/mol. The summed E-state index contributed by atoms with van der Waals surface area (Å²) in [6.45, 7) is 2.36. The van der Waals surface area contributed by atoms with Gasteiger partial charge in [-0.1, -0.05) is 6.42 Å². The molecule has 0 bridgehead atoms. The molecule has 1 fully saturated rings. The summed E-state index contributed by atoms with van der Waals surface area (Å²) in [6, 6.07) is 3.45. The van der Waals surface area contributed by atoms with Gasteiger partial charge in [0.2, 0.25) is 0 Å². The zero-order valence-corrected chi connectivity index (χ0v) is 9.85. The largest absolute Gasteiger partial charge is 0.496 e. The van der Waals surface area contributed by atoms with Crippen LogP contribution in [-0.2, 0) is 5.41 Å². The van der Waals surface area contributed by atoms with E-state index in [1.807, 2.05) is 13.0 Å². The number of rotatable bonds is 3. The first-order chi connectivity index (χ1) is 7.63. The molecule has 0 aliphatic heterocycles. The van der Waals surface area contributed by atoms with Gasteiger partial charge in [-0.25, -0.2) is 4.39 Å². The van der Waals surface area contributed by atoms with Gasteiger partial charge >= 0.3 is 0 Å². The van der Waals surface area contributed by atoms with Crippen molar-refractivity contribution in [2.24, 2.45) is 5.73 Å². The Kier molecular flexibility index (Phi) is 2.89. The topological polar surface area (TPSA) is 35.2 Å². The highest BCUT2D eigenvalue weighted by molar-refractivity contribution is 5.45. The molecule has 0 aromatic heterocycles. The van der Waals surface area contributed by atoms with Gasteiger partial charge in [-0.2, -0.15) is 0 Å². The number of benzene rings is 1. The molecule has 1 aromatic rings. The van der Waals surface area contributed by atoms with Crippen LogP contribution < -0.4 is 10.5 Å². The molecule has 1 saturated carbocycles. The molecule has 0 amide bonds. The van der Waals surface area contributed by atoms with Crippen molar-refractivity contribution in [3.05, 3.63) is 29.1 Å². The van der Waals surface area contributed by atoms with Gasteiger partial charge in [0.15, 0.2) is 0 Å². The van der Waals surface area contributed by atoms with E-state index in [1.165, 1.54) is 0 Å². The molecule has 0 saturated heterocycles. The van der Waals surface area contributed by atoms with Crippen LogP contribution in [0.3, 0.4) is 0 Å². The average Bonchev–Trinajstić information content (AvgIpc) is 2.19. The van der Waals surface area contributed by atoms with E-state index in [0.717, 1.165) is 24.8 Å².